The molecular formula is C35H56N2O4Si. The number of aromatic hydroxyl groups is 1. The van der Waals surface area contributed by atoms with Crippen LogP contribution in [-0.4, -0.2) is 43.1 Å². The van der Waals surface area contributed by atoms with Crippen LogP contribution in [0.5, 0.6) is 5.75 Å². The van der Waals surface area contributed by atoms with Crippen LogP contribution in [0.2, 0.25) is 18.1 Å². The number of benzene rings is 2. The summed E-state index contributed by atoms with van der Waals surface area (Å²) in [6.07, 6.45) is 8.67. The molecule has 0 spiro atoms. The first-order valence-corrected chi connectivity index (χ1v) is 18.8. The second-order valence-corrected chi connectivity index (χ2v) is 19.3. The fraction of sp³-hybridized carbons (Fsp3) is 0.629. The molecule has 1 amide bonds. The summed E-state index contributed by atoms with van der Waals surface area (Å²) < 4.78 is 6.88. The first kappa shape index (κ1) is 34.3. The van der Waals surface area contributed by atoms with Crippen molar-refractivity contribution < 1.29 is 19.4 Å². The molecule has 1 aliphatic rings. The highest BCUT2D eigenvalue weighted by molar-refractivity contribution is 6.74. The molecule has 4 N–H and O–H groups in total. The largest absolute Gasteiger partial charge is 0.508 e. The minimum absolute atomic E-state index is 0.0416. The van der Waals surface area contributed by atoms with E-state index in [1.807, 2.05) is 18.2 Å². The number of amides is 1. The van der Waals surface area contributed by atoms with Crippen molar-refractivity contribution in [2.75, 3.05) is 13.1 Å². The van der Waals surface area contributed by atoms with Crippen molar-refractivity contribution in [1.29, 1.82) is 0 Å². The molecule has 1 saturated carbocycles. The van der Waals surface area contributed by atoms with E-state index in [0.29, 0.717) is 24.4 Å². The molecule has 1 aliphatic carbocycles. The zero-order chi connectivity index (χ0) is 31.0. The molecule has 1 fully saturated rings. The second kappa shape index (κ2) is 15.0. The Labute approximate surface area is 255 Å². The van der Waals surface area contributed by atoms with Gasteiger partial charge in [0.1, 0.15) is 5.75 Å². The van der Waals surface area contributed by atoms with Gasteiger partial charge in [0.15, 0.2) is 8.32 Å². The smallest absolute Gasteiger partial charge is 0.224 e. The highest BCUT2D eigenvalue weighted by Gasteiger charge is 2.40. The lowest BCUT2D eigenvalue weighted by atomic mass is 9.93. The van der Waals surface area contributed by atoms with E-state index in [0.717, 1.165) is 24.1 Å². The first-order valence-electron chi connectivity index (χ1n) is 15.9. The van der Waals surface area contributed by atoms with Crippen LogP contribution in [0.3, 0.4) is 0 Å². The van der Waals surface area contributed by atoms with Crippen molar-refractivity contribution in [3.8, 4) is 5.75 Å². The molecule has 7 heteroatoms. The van der Waals surface area contributed by atoms with Gasteiger partial charge < -0.3 is 25.3 Å². The van der Waals surface area contributed by atoms with Gasteiger partial charge in [-0.25, -0.2) is 0 Å². The topological polar surface area (TPSA) is 90.8 Å². The highest BCUT2D eigenvalue weighted by Crippen LogP contribution is 2.40. The molecule has 6 nitrogen and oxygen atoms in total. The van der Waals surface area contributed by atoms with Crippen molar-refractivity contribution in [2.24, 2.45) is 5.92 Å². The average molecular weight is 597 g/mol. The third-order valence-electron chi connectivity index (χ3n) is 9.22. The van der Waals surface area contributed by atoms with Gasteiger partial charge in [0, 0.05) is 24.2 Å². The van der Waals surface area contributed by atoms with Crippen molar-refractivity contribution in [3.05, 3.63) is 64.7 Å². The molecular weight excluding hydrogens is 540 g/mol. The Morgan fingerprint density at radius 3 is 2.31 bits per heavy atom. The normalized spacial score (nSPS) is 16.2. The van der Waals surface area contributed by atoms with Crippen LogP contribution in [-0.2, 0) is 28.7 Å². The predicted octanol–water partition coefficient (Wildman–Crippen LogP) is 7.19. The van der Waals surface area contributed by atoms with Crippen LogP contribution in [0.1, 0.15) is 102 Å². The van der Waals surface area contributed by atoms with Gasteiger partial charge in [-0.3, -0.25) is 4.79 Å². The van der Waals surface area contributed by atoms with E-state index >= 15 is 0 Å². The van der Waals surface area contributed by atoms with Crippen LogP contribution in [0.15, 0.2) is 42.5 Å². The zero-order valence-electron chi connectivity index (χ0n) is 27.2. The number of aliphatic hydroxyl groups excluding tert-OH is 1. The van der Waals surface area contributed by atoms with Crippen molar-refractivity contribution >= 4 is 14.2 Å². The van der Waals surface area contributed by atoms with Crippen LogP contribution < -0.4 is 10.6 Å². The molecule has 2 aromatic rings. The second-order valence-electron chi connectivity index (χ2n) is 14.5. The van der Waals surface area contributed by atoms with E-state index in [-0.39, 0.29) is 34.9 Å². The van der Waals surface area contributed by atoms with E-state index in [9.17, 15) is 15.0 Å². The molecule has 0 radical (unpaired) electrons. The Hall–Kier alpha value is -2.19. The maximum atomic E-state index is 12.7. The quantitative estimate of drug-likeness (QED) is 0.145. The van der Waals surface area contributed by atoms with Crippen LogP contribution in [0, 0.1) is 5.92 Å². The molecule has 234 valence electrons. The van der Waals surface area contributed by atoms with E-state index in [2.05, 4.69) is 76.5 Å². The summed E-state index contributed by atoms with van der Waals surface area (Å²) in [5.41, 5.74) is 3.45. The Balaban J connectivity index is 1.64. The fourth-order valence-electron chi connectivity index (χ4n) is 5.56. The maximum absolute atomic E-state index is 12.7. The van der Waals surface area contributed by atoms with Crippen LogP contribution >= 0.6 is 0 Å². The number of carbonyl (C=O) groups excluding carboxylic acids is 1. The Morgan fingerprint density at radius 2 is 1.67 bits per heavy atom. The molecule has 3 rings (SSSR count). The maximum Gasteiger partial charge on any atom is 0.224 e. The fourth-order valence-corrected chi connectivity index (χ4v) is 6.84. The van der Waals surface area contributed by atoms with Gasteiger partial charge in [-0.05, 0) is 86.0 Å². The number of rotatable bonds is 13. The van der Waals surface area contributed by atoms with E-state index in [1.165, 1.54) is 44.1 Å². The molecule has 1 atom stereocenters. The molecule has 0 heterocycles. The van der Waals surface area contributed by atoms with Crippen molar-refractivity contribution in [3.63, 3.8) is 0 Å². The summed E-state index contributed by atoms with van der Waals surface area (Å²) in [6, 6.07) is 13.8. The highest BCUT2D eigenvalue weighted by atomic mass is 28.4. The van der Waals surface area contributed by atoms with Gasteiger partial charge in [-0.1, -0.05) is 76.8 Å². The molecule has 0 bridgehead atoms. The summed E-state index contributed by atoms with van der Waals surface area (Å²) in [4.78, 5) is 12.7. The summed E-state index contributed by atoms with van der Waals surface area (Å²) in [5.74, 6) is 0.824. The minimum Gasteiger partial charge on any atom is -0.508 e. The molecule has 0 saturated heterocycles. The lowest BCUT2D eigenvalue weighted by Crippen LogP contribution is -2.47. The zero-order valence-corrected chi connectivity index (χ0v) is 28.2. The van der Waals surface area contributed by atoms with Gasteiger partial charge in [-0.15, -0.1) is 0 Å². The Kier molecular flexibility index (Phi) is 12.3. The standard InChI is InChI=1S/C35H56N2O4Si/c1-34(2,3)42(6,7)41-32(29-17-18-31(39)30(21-29)25-38)24-37-35(4,5)22-28-16-12-15-27(19-28)20-33(40)36-23-26-13-10-8-9-11-14-26/h12,15-19,21,26,32,37-39H,8-11,13-14,20,22-25H2,1-7H3,(H,36,40)/t32-/m1/s1. The molecule has 2 aromatic carbocycles. The summed E-state index contributed by atoms with van der Waals surface area (Å²) >= 11 is 0. The molecule has 0 aliphatic heterocycles. The lowest BCUT2D eigenvalue weighted by molar-refractivity contribution is -0.120. The SMILES string of the molecule is CC(C)(Cc1cccc(CC(=O)NCC2CCCCCC2)c1)NC[C@@H](O[Si](C)(C)C(C)(C)C)c1ccc(O)c(CO)c1. The van der Waals surface area contributed by atoms with Gasteiger partial charge in [0.2, 0.25) is 5.91 Å². The number of hydrogen-bond acceptors (Lipinski definition) is 5. The summed E-state index contributed by atoms with van der Waals surface area (Å²) in [5, 5.41) is 26.9. The number of aliphatic hydroxyl groups is 1. The number of hydrogen-bond donors (Lipinski definition) is 4. The third-order valence-corrected chi connectivity index (χ3v) is 13.7. The first-order chi connectivity index (χ1) is 19.7. The monoisotopic (exact) mass is 596 g/mol. The van der Waals surface area contributed by atoms with E-state index < -0.39 is 8.32 Å². The van der Waals surface area contributed by atoms with Crippen molar-refractivity contribution in [2.45, 2.75) is 122 Å². The van der Waals surface area contributed by atoms with Gasteiger partial charge >= 0.3 is 0 Å². The Morgan fingerprint density at radius 1 is 1.00 bits per heavy atom. The predicted molar refractivity (Wildman–Crippen MR) is 175 cm³/mol. The van der Waals surface area contributed by atoms with Gasteiger partial charge in [0.05, 0.1) is 19.1 Å². The van der Waals surface area contributed by atoms with E-state index in [4.69, 9.17) is 4.43 Å². The molecule has 42 heavy (non-hydrogen) atoms. The average Bonchev–Trinajstić information content (AvgIpc) is 3.18. The number of nitrogens with one attached hydrogen (secondary N) is 2. The molecule has 0 unspecified atom stereocenters. The van der Waals surface area contributed by atoms with Gasteiger partial charge in [-0.2, -0.15) is 0 Å². The lowest BCUT2D eigenvalue weighted by Gasteiger charge is -2.40. The number of carbonyl (C=O) groups is 1. The summed E-state index contributed by atoms with van der Waals surface area (Å²) in [6.45, 7) is 16.7. The Bertz CT molecular complexity index is 1150. The van der Waals surface area contributed by atoms with E-state index in [1.54, 1.807) is 6.07 Å². The number of phenols is 1. The van der Waals surface area contributed by atoms with Gasteiger partial charge in [0.25, 0.3) is 0 Å². The van der Waals surface area contributed by atoms with Crippen LogP contribution in [0.4, 0.5) is 0 Å². The van der Waals surface area contributed by atoms with Crippen LogP contribution in [0.25, 0.3) is 0 Å². The van der Waals surface area contributed by atoms with Crippen molar-refractivity contribution in [1.82, 2.24) is 10.6 Å². The third kappa shape index (κ3) is 10.5. The molecule has 0 aromatic heterocycles. The minimum atomic E-state index is -2.11. The summed E-state index contributed by atoms with van der Waals surface area (Å²) in [7, 11) is -2.11.